The maximum atomic E-state index is 11.4. The number of carbonyl (C=O) groups excluding carboxylic acids is 1. The number of pyridine rings is 1. The zero-order valence-corrected chi connectivity index (χ0v) is 14.8. The highest BCUT2D eigenvalue weighted by Gasteiger charge is 2.15. The van der Waals surface area contributed by atoms with Gasteiger partial charge in [-0.3, -0.25) is 0 Å². The number of hydrogen-bond donors (Lipinski definition) is 3. The van der Waals surface area contributed by atoms with E-state index in [2.05, 4.69) is 10.3 Å². The van der Waals surface area contributed by atoms with Crippen LogP contribution in [-0.4, -0.2) is 42.7 Å². The van der Waals surface area contributed by atoms with Crippen LogP contribution < -0.4 is 11.1 Å². The zero-order valence-electron chi connectivity index (χ0n) is 14.1. The first-order chi connectivity index (χ1) is 11.2. The number of carbonyl (C=O) groups is 1. The highest BCUT2D eigenvalue weighted by Crippen LogP contribution is 2.19. The Hall–Kier alpha value is -2.12. The van der Waals surface area contributed by atoms with Crippen LogP contribution in [0.15, 0.2) is 12.1 Å². The summed E-state index contributed by atoms with van der Waals surface area (Å²) in [7, 11) is 0. The van der Waals surface area contributed by atoms with Crippen molar-refractivity contribution in [1.29, 1.82) is 5.41 Å². The van der Waals surface area contributed by atoms with Gasteiger partial charge < -0.3 is 25.9 Å². The number of anilines is 1. The molecule has 4 N–H and O–H groups in total. The molecule has 0 aliphatic rings. The minimum atomic E-state index is -0.521. The molecule has 0 bridgehead atoms. The van der Waals surface area contributed by atoms with Gasteiger partial charge in [-0.15, -0.1) is 0 Å². The van der Waals surface area contributed by atoms with Gasteiger partial charge in [-0.05, 0) is 32.9 Å². The average Bonchev–Trinajstić information content (AvgIpc) is 2.47. The highest BCUT2D eigenvalue weighted by atomic mass is 35.5. The standard InChI is InChI=1S/C16H23ClN4O3/c1-16(2,3)24-15(22)20-6-8-23-7-4-5-12-14(19)11(10-18)9-13(17)21-12/h4-5,9-10,18H,6-8,19H2,1-3H3,(H,20,22)/b5-4-,18-10?. The molecule has 0 aromatic carbocycles. The number of nitrogens with one attached hydrogen (secondary N) is 2. The second-order valence-electron chi connectivity index (χ2n) is 5.88. The van der Waals surface area contributed by atoms with E-state index < -0.39 is 11.7 Å². The van der Waals surface area contributed by atoms with Gasteiger partial charge >= 0.3 is 6.09 Å². The Labute approximate surface area is 146 Å². The average molecular weight is 355 g/mol. The van der Waals surface area contributed by atoms with Gasteiger partial charge in [0.15, 0.2) is 0 Å². The van der Waals surface area contributed by atoms with E-state index in [1.807, 2.05) is 0 Å². The van der Waals surface area contributed by atoms with Gasteiger partial charge in [0, 0.05) is 18.3 Å². The molecule has 8 heteroatoms. The second kappa shape index (κ2) is 9.24. The summed E-state index contributed by atoms with van der Waals surface area (Å²) in [6, 6.07) is 1.53. The van der Waals surface area contributed by atoms with E-state index in [1.165, 1.54) is 6.07 Å². The van der Waals surface area contributed by atoms with Crippen molar-refractivity contribution in [3.63, 3.8) is 0 Å². The summed E-state index contributed by atoms with van der Waals surface area (Å²) < 4.78 is 10.5. The molecular weight excluding hydrogens is 332 g/mol. The molecule has 24 heavy (non-hydrogen) atoms. The highest BCUT2D eigenvalue weighted by molar-refractivity contribution is 6.29. The van der Waals surface area contributed by atoms with Crippen molar-refractivity contribution in [2.45, 2.75) is 26.4 Å². The van der Waals surface area contributed by atoms with E-state index in [4.69, 9.17) is 32.2 Å². The van der Waals surface area contributed by atoms with Crippen LogP contribution in [0.1, 0.15) is 32.0 Å². The fraction of sp³-hybridized carbons (Fsp3) is 0.438. The largest absolute Gasteiger partial charge is 0.444 e. The molecule has 1 rings (SSSR count). The van der Waals surface area contributed by atoms with E-state index >= 15 is 0 Å². The molecule has 7 nitrogen and oxygen atoms in total. The fourth-order valence-corrected chi connectivity index (χ4v) is 1.87. The second-order valence-corrected chi connectivity index (χ2v) is 6.27. The van der Waals surface area contributed by atoms with Crippen molar-refractivity contribution in [3.05, 3.63) is 28.6 Å². The minimum absolute atomic E-state index is 0.268. The molecule has 1 heterocycles. The minimum Gasteiger partial charge on any atom is -0.444 e. The predicted octanol–water partition coefficient (Wildman–Crippen LogP) is 2.87. The number of nitrogen functional groups attached to an aromatic ring is 1. The first kappa shape index (κ1) is 19.9. The van der Waals surface area contributed by atoms with Crippen molar-refractivity contribution in [2.24, 2.45) is 0 Å². The number of halogens is 1. The molecule has 1 aromatic heterocycles. The molecule has 0 unspecified atom stereocenters. The van der Waals surface area contributed by atoms with Gasteiger partial charge in [-0.1, -0.05) is 17.7 Å². The van der Waals surface area contributed by atoms with E-state index in [0.717, 1.165) is 6.21 Å². The third-order valence-corrected chi connectivity index (χ3v) is 2.84. The lowest BCUT2D eigenvalue weighted by Crippen LogP contribution is -2.34. The number of hydrogen-bond acceptors (Lipinski definition) is 6. The summed E-state index contributed by atoms with van der Waals surface area (Å²) in [4.78, 5) is 15.5. The predicted molar refractivity (Wildman–Crippen MR) is 95.6 cm³/mol. The van der Waals surface area contributed by atoms with Crippen molar-refractivity contribution in [1.82, 2.24) is 10.3 Å². The molecule has 0 aliphatic heterocycles. The molecule has 1 amide bonds. The Morgan fingerprint density at radius 1 is 1.50 bits per heavy atom. The Bertz CT molecular complexity index is 612. The quantitative estimate of drug-likeness (QED) is 0.396. The zero-order chi connectivity index (χ0) is 18.2. The number of alkyl carbamates (subject to hydrolysis) is 1. The Kier molecular flexibility index (Phi) is 7.67. The Morgan fingerprint density at radius 2 is 2.21 bits per heavy atom. The number of nitrogens with two attached hydrogens (primary N) is 1. The number of ether oxygens (including phenoxy) is 2. The lowest BCUT2D eigenvalue weighted by atomic mass is 10.2. The normalized spacial score (nSPS) is 11.5. The first-order valence-electron chi connectivity index (χ1n) is 7.40. The van der Waals surface area contributed by atoms with E-state index in [9.17, 15) is 4.79 Å². The monoisotopic (exact) mass is 354 g/mol. The third-order valence-electron chi connectivity index (χ3n) is 2.65. The third kappa shape index (κ3) is 7.43. The van der Waals surface area contributed by atoms with Crippen molar-refractivity contribution < 1.29 is 14.3 Å². The number of nitrogens with zero attached hydrogens (tertiary/aromatic N) is 1. The number of aromatic nitrogens is 1. The summed E-state index contributed by atoms with van der Waals surface area (Å²) in [6.45, 7) is 6.41. The molecule has 0 atom stereocenters. The summed E-state index contributed by atoms with van der Waals surface area (Å²) in [5, 5.41) is 10.1. The molecule has 0 aliphatic carbocycles. The maximum absolute atomic E-state index is 11.4. The molecule has 0 saturated carbocycles. The van der Waals surface area contributed by atoms with Crippen LogP contribution in [0, 0.1) is 5.41 Å². The lowest BCUT2D eigenvalue weighted by molar-refractivity contribution is 0.0506. The summed E-state index contributed by atoms with van der Waals surface area (Å²) in [6.07, 6.45) is 4.06. The van der Waals surface area contributed by atoms with Crippen LogP contribution >= 0.6 is 11.6 Å². The maximum Gasteiger partial charge on any atom is 0.407 e. The summed E-state index contributed by atoms with van der Waals surface area (Å²) in [5.41, 5.74) is 6.74. The molecular formula is C16H23ClN4O3. The van der Waals surface area contributed by atoms with E-state index in [-0.39, 0.29) is 5.15 Å². The molecule has 132 valence electrons. The number of amides is 1. The van der Waals surface area contributed by atoms with Gasteiger partial charge in [-0.2, -0.15) is 0 Å². The van der Waals surface area contributed by atoms with E-state index in [1.54, 1.807) is 32.9 Å². The van der Waals surface area contributed by atoms with Crippen molar-refractivity contribution in [3.8, 4) is 0 Å². The lowest BCUT2D eigenvalue weighted by Gasteiger charge is -2.19. The molecule has 0 saturated heterocycles. The van der Waals surface area contributed by atoms with Gasteiger partial charge in [0.25, 0.3) is 0 Å². The van der Waals surface area contributed by atoms with Crippen LogP contribution in [0.3, 0.4) is 0 Å². The smallest absolute Gasteiger partial charge is 0.407 e. The van der Waals surface area contributed by atoms with Crippen LogP contribution in [0.4, 0.5) is 10.5 Å². The van der Waals surface area contributed by atoms with Gasteiger partial charge in [-0.25, -0.2) is 9.78 Å². The molecule has 0 radical (unpaired) electrons. The van der Waals surface area contributed by atoms with Gasteiger partial charge in [0.1, 0.15) is 10.8 Å². The molecule has 0 fully saturated rings. The number of rotatable bonds is 7. The van der Waals surface area contributed by atoms with E-state index in [0.29, 0.717) is 36.7 Å². The van der Waals surface area contributed by atoms with Crippen molar-refractivity contribution in [2.75, 3.05) is 25.5 Å². The summed E-state index contributed by atoms with van der Waals surface area (Å²) in [5.74, 6) is 0. The SMILES string of the molecule is CC(C)(C)OC(=O)NCCOC/C=C\c1nc(Cl)cc(C=N)c1N. The Balaban J connectivity index is 2.33. The molecule has 1 aromatic rings. The molecule has 0 spiro atoms. The topological polar surface area (TPSA) is 110 Å². The fourth-order valence-electron chi connectivity index (χ4n) is 1.66. The first-order valence-corrected chi connectivity index (χ1v) is 7.78. The van der Waals surface area contributed by atoms with Crippen LogP contribution in [-0.2, 0) is 9.47 Å². The van der Waals surface area contributed by atoms with Crippen molar-refractivity contribution >= 4 is 35.7 Å². The van der Waals surface area contributed by atoms with Crippen LogP contribution in [0.2, 0.25) is 5.15 Å². The Morgan fingerprint density at radius 3 is 2.83 bits per heavy atom. The van der Waals surface area contributed by atoms with Gasteiger partial charge in [0.05, 0.1) is 24.6 Å². The summed E-state index contributed by atoms with van der Waals surface area (Å²) >= 11 is 5.87. The van der Waals surface area contributed by atoms with Crippen LogP contribution in [0.25, 0.3) is 6.08 Å². The van der Waals surface area contributed by atoms with Gasteiger partial charge in [0.2, 0.25) is 0 Å². The van der Waals surface area contributed by atoms with Crippen LogP contribution in [0.5, 0.6) is 0 Å².